The molecule has 0 amide bonds. The second kappa shape index (κ2) is 10.7. The second-order valence-corrected chi connectivity index (χ2v) is 8.41. The predicted octanol–water partition coefficient (Wildman–Crippen LogP) is 3.54. The molecule has 1 saturated heterocycles. The third-order valence-electron chi connectivity index (χ3n) is 4.82. The minimum atomic E-state index is -0.118. The molecule has 1 heterocycles. The number of rotatable bonds is 7. The Labute approximate surface area is 165 Å². The number of nitrogens with zero attached hydrogens (tertiary/aromatic N) is 2. The first kappa shape index (κ1) is 21.7. The van der Waals surface area contributed by atoms with E-state index in [0.29, 0.717) is 12.6 Å². The maximum Gasteiger partial charge on any atom is 0.191 e. The van der Waals surface area contributed by atoms with Crippen LogP contribution in [0.2, 0.25) is 0 Å². The second-order valence-electron chi connectivity index (χ2n) is 8.41. The number of ether oxygens (including phenoxy) is 1. The fourth-order valence-electron chi connectivity index (χ4n) is 3.32. The SMILES string of the molecule is CCCN1CCC(NC(=NC)NCc2cccc(COC(C)(C)C)c2)CC1. The first-order valence-electron chi connectivity index (χ1n) is 10.3. The average molecular weight is 375 g/mol. The van der Waals surface area contributed by atoms with Crippen LogP contribution in [0.15, 0.2) is 29.3 Å². The minimum absolute atomic E-state index is 0.118. The van der Waals surface area contributed by atoms with E-state index in [0.717, 1.165) is 12.5 Å². The van der Waals surface area contributed by atoms with Crippen LogP contribution < -0.4 is 10.6 Å². The zero-order valence-electron chi connectivity index (χ0n) is 17.8. The molecule has 0 aliphatic carbocycles. The Morgan fingerprint density at radius 3 is 2.56 bits per heavy atom. The topological polar surface area (TPSA) is 48.9 Å². The number of benzene rings is 1. The van der Waals surface area contributed by atoms with Gasteiger partial charge in [-0.2, -0.15) is 0 Å². The number of aliphatic imine (C=N–C) groups is 1. The van der Waals surface area contributed by atoms with Crippen molar-refractivity contribution in [2.75, 3.05) is 26.7 Å². The zero-order valence-corrected chi connectivity index (χ0v) is 17.8. The lowest BCUT2D eigenvalue weighted by molar-refractivity contribution is -0.0149. The molecule has 1 fully saturated rings. The number of hydrogen-bond donors (Lipinski definition) is 2. The number of guanidine groups is 1. The summed E-state index contributed by atoms with van der Waals surface area (Å²) in [5.41, 5.74) is 2.33. The van der Waals surface area contributed by atoms with E-state index in [2.05, 4.69) is 72.5 Å². The highest BCUT2D eigenvalue weighted by Gasteiger charge is 2.19. The van der Waals surface area contributed by atoms with Crippen molar-refractivity contribution >= 4 is 5.96 Å². The Morgan fingerprint density at radius 1 is 1.22 bits per heavy atom. The van der Waals surface area contributed by atoms with Gasteiger partial charge in [0.2, 0.25) is 0 Å². The molecular formula is C22H38N4O. The smallest absolute Gasteiger partial charge is 0.191 e. The van der Waals surface area contributed by atoms with Gasteiger partial charge in [0.05, 0.1) is 12.2 Å². The summed E-state index contributed by atoms with van der Waals surface area (Å²) < 4.78 is 5.88. The van der Waals surface area contributed by atoms with E-state index >= 15 is 0 Å². The highest BCUT2D eigenvalue weighted by atomic mass is 16.5. The molecule has 0 aromatic heterocycles. The van der Waals surface area contributed by atoms with E-state index in [-0.39, 0.29) is 5.60 Å². The molecule has 0 atom stereocenters. The van der Waals surface area contributed by atoms with Crippen molar-refractivity contribution in [2.45, 2.75) is 71.8 Å². The van der Waals surface area contributed by atoms with Gasteiger partial charge < -0.3 is 20.3 Å². The van der Waals surface area contributed by atoms with Crippen LogP contribution in [-0.2, 0) is 17.9 Å². The van der Waals surface area contributed by atoms with Crippen molar-refractivity contribution in [3.63, 3.8) is 0 Å². The number of hydrogen-bond acceptors (Lipinski definition) is 3. The van der Waals surface area contributed by atoms with Crippen molar-refractivity contribution in [3.05, 3.63) is 35.4 Å². The lowest BCUT2D eigenvalue weighted by Gasteiger charge is -2.32. The summed E-state index contributed by atoms with van der Waals surface area (Å²) in [5, 5.41) is 7.04. The van der Waals surface area contributed by atoms with Crippen LogP contribution in [-0.4, -0.2) is 49.2 Å². The molecule has 0 spiro atoms. The maximum atomic E-state index is 5.88. The van der Waals surface area contributed by atoms with Crippen LogP contribution in [0.4, 0.5) is 0 Å². The fraction of sp³-hybridized carbons (Fsp3) is 0.682. The van der Waals surface area contributed by atoms with Gasteiger partial charge in [0.25, 0.3) is 0 Å². The first-order valence-corrected chi connectivity index (χ1v) is 10.3. The number of piperidine rings is 1. The molecule has 1 aromatic carbocycles. The van der Waals surface area contributed by atoms with Crippen molar-refractivity contribution in [3.8, 4) is 0 Å². The van der Waals surface area contributed by atoms with Crippen LogP contribution in [0, 0.1) is 0 Å². The van der Waals surface area contributed by atoms with E-state index < -0.39 is 0 Å². The predicted molar refractivity (Wildman–Crippen MR) is 114 cm³/mol. The summed E-state index contributed by atoms with van der Waals surface area (Å²) in [6.45, 7) is 13.5. The molecule has 27 heavy (non-hydrogen) atoms. The largest absolute Gasteiger partial charge is 0.371 e. The van der Waals surface area contributed by atoms with E-state index in [1.54, 1.807) is 0 Å². The highest BCUT2D eigenvalue weighted by Crippen LogP contribution is 2.13. The van der Waals surface area contributed by atoms with Crippen molar-refractivity contribution in [1.29, 1.82) is 0 Å². The minimum Gasteiger partial charge on any atom is -0.371 e. The first-order chi connectivity index (χ1) is 12.9. The van der Waals surface area contributed by atoms with Gasteiger partial charge in [-0.1, -0.05) is 31.2 Å². The molecule has 2 rings (SSSR count). The van der Waals surface area contributed by atoms with Gasteiger partial charge in [-0.15, -0.1) is 0 Å². The summed E-state index contributed by atoms with van der Waals surface area (Å²) >= 11 is 0. The van der Waals surface area contributed by atoms with Gasteiger partial charge in [-0.3, -0.25) is 4.99 Å². The summed E-state index contributed by atoms with van der Waals surface area (Å²) in [4.78, 5) is 6.95. The number of likely N-dealkylation sites (tertiary alicyclic amines) is 1. The van der Waals surface area contributed by atoms with Crippen LogP contribution >= 0.6 is 0 Å². The van der Waals surface area contributed by atoms with Crippen LogP contribution in [0.1, 0.15) is 58.1 Å². The highest BCUT2D eigenvalue weighted by molar-refractivity contribution is 5.79. The molecule has 0 unspecified atom stereocenters. The van der Waals surface area contributed by atoms with Crippen molar-refractivity contribution in [2.24, 2.45) is 4.99 Å². The fourth-order valence-corrected chi connectivity index (χ4v) is 3.32. The van der Waals surface area contributed by atoms with Gasteiger partial charge in [-0.05, 0) is 57.7 Å². The van der Waals surface area contributed by atoms with E-state index in [1.807, 2.05) is 7.05 Å². The average Bonchev–Trinajstić information content (AvgIpc) is 2.65. The Balaban J connectivity index is 1.79. The van der Waals surface area contributed by atoms with Crippen molar-refractivity contribution in [1.82, 2.24) is 15.5 Å². The lowest BCUT2D eigenvalue weighted by atomic mass is 10.1. The Hall–Kier alpha value is -1.59. The summed E-state index contributed by atoms with van der Waals surface area (Å²) in [6, 6.07) is 9.07. The monoisotopic (exact) mass is 374 g/mol. The van der Waals surface area contributed by atoms with Gasteiger partial charge in [0.15, 0.2) is 5.96 Å². The third-order valence-corrected chi connectivity index (χ3v) is 4.82. The molecule has 0 saturated carbocycles. The number of nitrogens with one attached hydrogen (secondary N) is 2. The van der Waals surface area contributed by atoms with E-state index in [4.69, 9.17) is 4.74 Å². The van der Waals surface area contributed by atoms with Gasteiger partial charge in [0, 0.05) is 32.7 Å². The van der Waals surface area contributed by atoms with Crippen LogP contribution in [0.25, 0.3) is 0 Å². The van der Waals surface area contributed by atoms with E-state index in [9.17, 15) is 0 Å². The lowest BCUT2D eigenvalue weighted by Crippen LogP contribution is -2.48. The van der Waals surface area contributed by atoms with Gasteiger partial charge >= 0.3 is 0 Å². The zero-order chi connectivity index (χ0) is 19.7. The normalized spacial score (nSPS) is 17.1. The van der Waals surface area contributed by atoms with Crippen LogP contribution in [0.5, 0.6) is 0 Å². The summed E-state index contributed by atoms with van der Waals surface area (Å²) in [5.74, 6) is 0.889. The molecule has 5 heteroatoms. The maximum absolute atomic E-state index is 5.88. The Morgan fingerprint density at radius 2 is 1.93 bits per heavy atom. The molecule has 1 aliphatic rings. The summed E-state index contributed by atoms with van der Waals surface area (Å²) in [7, 11) is 1.84. The summed E-state index contributed by atoms with van der Waals surface area (Å²) in [6.07, 6.45) is 3.60. The van der Waals surface area contributed by atoms with Crippen LogP contribution in [0.3, 0.4) is 0 Å². The van der Waals surface area contributed by atoms with Crippen molar-refractivity contribution < 1.29 is 4.74 Å². The Kier molecular flexibility index (Phi) is 8.58. The molecular weight excluding hydrogens is 336 g/mol. The molecule has 152 valence electrons. The molecule has 1 aromatic rings. The van der Waals surface area contributed by atoms with Gasteiger partial charge in [-0.25, -0.2) is 0 Å². The van der Waals surface area contributed by atoms with E-state index in [1.165, 1.54) is 50.0 Å². The quantitative estimate of drug-likeness (QED) is 0.566. The third kappa shape index (κ3) is 8.31. The molecule has 1 aliphatic heterocycles. The molecule has 2 N–H and O–H groups in total. The Bertz CT molecular complexity index is 586. The molecule has 0 bridgehead atoms. The molecule has 5 nitrogen and oxygen atoms in total. The standard InChI is InChI=1S/C22H38N4O/c1-6-12-26-13-10-20(11-14-26)25-21(23-5)24-16-18-8-7-9-19(15-18)17-27-22(2,3)4/h7-9,15,20H,6,10-14,16-17H2,1-5H3,(H2,23,24,25). The van der Waals surface area contributed by atoms with Gasteiger partial charge in [0.1, 0.15) is 0 Å². The molecule has 0 radical (unpaired) electrons.